The highest BCUT2D eigenvalue weighted by Gasteiger charge is 2.24. The Morgan fingerprint density at radius 2 is 1.87 bits per heavy atom. The van der Waals surface area contributed by atoms with Gasteiger partial charge in [-0.3, -0.25) is 14.7 Å². The van der Waals surface area contributed by atoms with Crippen molar-refractivity contribution in [2.75, 3.05) is 26.2 Å². The third kappa shape index (κ3) is 3.22. The van der Waals surface area contributed by atoms with Gasteiger partial charge in [-0.2, -0.15) is 5.10 Å². The largest absolute Gasteiger partial charge is 0.488 e. The van der Waals surface area contributed by atoms with Crippen molar-refractivity contribution in [1.29, 1.82) is 0 Å². The first kappa shape index (κ1) is 18.4. The summed E-state index contributed by atoms with van der Waals surface area (Å²) in [4.78, 5) is 27.4. The summed E-state index contributed by atoms with van der Waals surface area (Å²) in [6, 6.07) is 15.5. The molecule has 0 aliphatic carbocycles. The molecule has 2 aliphatic rings. The van der Waals surface area contributed by atoms with E-state index in [1.165, 1.54) is 0 Å². The second-order valence-electron chi connectivity index (χ2n) is 7.58. The van der Waals surface area contributed by atoms with E-state index >= 15 is 0 Å². The van der Waals surface area contributed by atoms with Gasteiger partial charge in [0.05, 0.1) is 11.4 Å². The number of ether oxygens (including phenoxy) is 1. The fourth-order valence-electron chi connectivity index (χ4n) is 4.12. The molecule has 1 N–H and O–H groups in total. The highest BCUT2D eigenvalue weighted by atomic mass is 16.5. The van der Waals surface area contributed by atoms with Gasteiger partial charge in [0.1, 0.15) is 12.4 Å². The molecule has 2 aromatic carbocycles. The molecular weight excluding hydrogens is 380 g/mol. The minimum absolute atomic E-state index is 0.00406. The lowest BCUT2D eigenvalue weighted by Crippen LogP contribution is -2.34. The molecule has 0 spiro atoms. The zero-order valence-electron chi connectivity index (χ0n) is 16.5. The molecule has 0 radical (unpaired) electrons. The number of aromatic nitrogens is 2. The molecule has 7 nitrogen and oxygen atoms in total. The molecule has 1 saturated heterocycles. The number of benzene rings is 2. The van der Waals surface area contributed by atoms with Crippen LogP contribution in [0.2, 0.25) is 0 Å². The van der Waals surface area contributed by atoms with Gasteiger partial charge in [-0.15, -0.1) is 0 Å². The van der Waals surface area contributed by atoms with Crippen LogP contribution in [-0.4, -0.2) is 58.5 Å². The fraction of sp³-hybridized carbons (Fsp3) is 0.261. The number of nitrogens with one attached hydrogen (secondary N) is 1. The number of fused-ring (bicyclic) bond motifs is 3. The molecule has 5 rings (SSSR count). The number of H-pyrrole nitrogens is 1. The number of carbonyl (C=O) groups is 2. The predicted molar refractivity (Wildman–Crippen MR) is 112 cm³/mol. The number of aromatic amines is 1. The van der Waals surface area contributed by atoms with Crippen LogP contribution in [0.1, 0.15) is 22.3 Å². The molecule has 7 heteroatoms. The van der Waals surface area contributed by atoms with E-state index in [1.807, 2.05) is 53.4 Å². The Bertz CT molecular complexity index is 1090. The molecule has 0 bridgehead atoms. The summed E-state index contributed by atoms with van der Waals surface area (Å²) >= 11 is 0. The van der Waals surface area contributed by atoms with Crippen molar-refractivity contribution in [2.24, 2.45) is 0 Å². The third-order valence-corrected chi connectivity index (χ3v) is 5.77. The van der Waals surface area contributed by atoms with Crippen molar-refractivity contribution >= 4 is 12.3 Å². The Morgan fingerprint density at radius 3 is 2.70 bits per heavy atom. The molecule has 3 heterocycles. The van der Waals surface area contributed by atoms with Crippen molar-refractivity contribution in [1.82, 2.24) is 20.0 Å². The summed E-state index contributed by atoms with van der Waals surface area (Å²) in [6.45, 7) is 2.95. The molecule has 30 heavy (non-hydrogen) atoms. The number of para-hydroxylation sites is 1. The van der Waals surface area contributed by atoms with Crippen LogP contribution >= 0.6 is 0 Å². The fourth-order valence-corrected chi connectivity index (χ4v) is 4.12. The highest BCUT2D eigenvalue weighted by molar-refractivity contribution is 5.95. The van der Waals surface area contributed by atoms with Gasteiger partial charge in [0.2, 0.25) is 6.41 Å². The molecule has 152 valence electrons. The first-order valence-corrected chi connectivity index (χ1v) is 10.1. The minimum atomic E-state index is -0.00406. The highest BCUT2D eigenvalue weighted by Crippen LogP contribution is 2.39. The summed E-state index contributed by atoms with van der Waals surface area (Å²) in [5.74, 6) is 0.849. The summed E-state index contributed by atoms with van der Waals surface area (Å²) in [5.41, 5.74) is 5.44. The maximum atomic E-state index is 12.9. The van der Waals surface area contributed by atoms with Crippen LogP contribution in [0, 0.1) is 0 Å². The van der Waals surface area contributed by atoms with Crippen LogP contribution in [0.4, 0.5) is 0 Å². The van der Waals surface area contributed by atoms with Gasteiger partial charge in [-0.05, 0) is 30.7 Å². The minimum Gasteiger partial charge on any atom is -0.488 e. The molecule has 2 aliphatic heterocycles. The Morgan fingerprint density at radius 1 is 1.03 bits per heavy atom. The third-order valence-electron chi connectivity index (χ3n) is 5.77. The van der Waals surface area contributed by atoms with Crippen molar-refractivity contribution in [2.45, 2.75) is 13.0 Å². The second kappa shape index (κ2) is 7.67. The zero-order valence-corrected chi connectivity index (χ0v) is 16.5. The SMILES string of the molecule is O=CN1CCCN(C(=O)c2ccc(-c3n[nH]c4c3COc3ccccc3-4)cc2)CC1. The first-order chi connectivity index (χ1) is 14.7. The van der Waals surface area contributed by atoms with E-state index in [4.69, 9.17) is 4.74 Å². The Labute approximate surface area is 174 Å². The number of hydrogen-bond donors (Lipinski definition) is 1. The maximum absolute atomic E-state index is 12.9. The van der Waals surface area contributed by atoms with E-state index < -0.39 is 0 Å². The van der Waals surface area contributed by atoms with Crippen molar-refractivity contribution in [3.05, 3.63) is 59.7 Å². The number of hydrogen-bond acceptors (Lipinski definition) is 4. The number of amides is 2. The topological polar surface area (TPSA) is 78.5 Å². The van der Waals surface area contributed by atoms with Crippen LogP contribution in [0.15, 0.2) is 48.5 Å². The quantitative estimate of drug-likeness (QED) is 0.684. The van der Waals surface area contributed by atoms with Gasteiger partial charge in [0, 0.05) is 48.4 Å². The van der Waals surface area contributed by atoms with E-state index in [0.29, 0.717) is 38.3 Å². The lowest BCUT2D eigenvalue weighted by atomic mass is 9.99. The van der Waals surface area contributed by atoms with Gasteiger partial charge >= 0.3 is 0 Å². The summed E-state index contributed by atoms with van der Waals surface area (Å²) in [5, 5.41) is 7.67. The first-order valence-electron chi connectivity index (χ1n) is 10.1. The molecule has 1 aromatic heterocycles. The van der Waals surface area contributed by atoms with E-state index in [9.17, 15) is 9.59 Å². The van der Waals surface area contributed by atoms with Crippen LogP contribution in [0.3, 0.4) is 0 Å². The monoisotopic (exact) mass is 402 g/mol. The van der Waals surface area contributed by atoms with Crippen molar-refractivity contribution in [3.8, 4) is 28.3 Å². The van der Waals surface area contributed by atoms with Crippen molar-refractivity contribution < 1.29 is 14.3 Å². The van der Waals surface area contributed by atoms with E-state index in [1.54, 1.807) is 4.90 Å². The Balaban J connectivity index is 1.37. The molecule has 2 amide bonds. The molecule has 0 atom stereocenters. The van der Waals surface area contributed by atoms with Gasteiger partial charge in [-0.25, -0.2) is 0 Å². The standard InChI is InChI=1S/C23H22N4O3/c28-15-26-10-3-11-27(13-12-26)23(29)17-8-6-16(7-9-17)21-19-14-30-20-5-2-1-4-18(20)22(19)25-24-21/h1-2,4-9,15H,3,10-14H2,(H,24,25). The second-order valence-corrected chi connectivity index (χ2v) is 7.58. The average molecular weight is 402 g/mol. The lowest BCUT2D eigenvalue weighted by Gasteiger charge is -2.20. The van der Waals surface area contributed by atoms with E-state index in [0.717, 1.165) is 46.7 Å². The van der Waals surface area contributed by atoms with Crippen LogP contribution in [0.25, 0.3) is 22.5 Å². The molecule has 0 unspecified atom stereocenters. The van der Waals surface area contributed by atoms with Gasteiger partial charge in [0.25, 0.3) is 5.91 Å². The van der Waals surface area contributed by atoms with Crippen LogP contribution in [0.5, 0.6) is 5.75 Å². The molecule has 0 saturated carbocycles. The van der Waals surface area contributed by atoms with E-state index in [2.05, 4.69) is 10.2 Å². The Kier molecular flexibility index (Phi) is 4.71. The van der Waals surface area contributed by atoms with Gasteiger partial charge in [0.15, 0.2) is 0 Å². The average Bonchev–Trinajstić information content (AvgIpc) is 3.09. The Hall–Kier alpha value is -3.61. The predicted octanol–water partition coefficient (Wildman–Crippen LogP) is 2.94. The van der Waals surface area contributed by atoms with E-state index in [-0.39, 0.29) is 5.91 Å². The summed E-state index contributed by atoms with van der Waals surface area (Å²) in [6.07, 6.45) is 1.65. The smallest absolute Gasteiger partial charge is 0.253 e. The normalized spacial score (nSPS) is 15.6. The summed E-state index contributed by atoms with van der Waals surface area (Å²) < 4.78 is 5.89. The molecule has 3 aromatic rings. The summed E-state index contributed by atoms with van der Waals surface area (Å²) in [7, 11) is 0. The lowest BCUT2D eigenvalue weighted by molar-refractivity contribution is -0.118. The van der Waals surface area contributed by atoms with Crippen LogP contribution in [-0.2, 0) is 11.4 Å². The zero-order chi connectivity index (χ0) is 20.5. The van der Waals surface area contributed by atoms with Crippen molar-refractivity contribution in [3.63, 3.8) is 0 Å². The van der Waals surface area contributed by atoms with Crippen LogP contribution < -0.4 is 4.74 Å². The van der Waals surface area contributed by atoms with Gasteiger partial charge < -0.3 is 14.5 Å². The van der Waals surface area contributed by atoms with Gasteiger partial charge in [-0.1, -0.05) is 24.3 Å². The number of nitrogens with zero attached hydrogens (tertiary/aromatic N) is 3. The molecular formula is C23H22N4O3. The maximum Gasteiger partial charge on any atom is 0.253 e. The molecule has 1 fully saturated rings. The number of carbonyl (C=O) groups excluding carboxylic acids is 2. The number of rotatable bonds is 3.